The van der Waals surface area contributed by atoms with Crippen molar-refractivity contribution in [3.8, 4) is 0 Å². The van der Waals surface area contributed by atoms with E-state index in [4.69, 9.17) is 4.74 Å². The Morgan fingerprint density at radius 1 is 1.14 bits per heavy atom. The fourth-order valence-electron chi connectivity index (χ4n) is 2.42. The van der Waals surface area contributed by atoms with Crippen LogP contribution in [0.15, 0.2) is 54.6 Å². The van der Waals surface area contributed by atoms with Gasteiger partial charge in [0.05, 0.1) is 12.6 Å². The molecule has 3 nitrogen and oxygen atoms in total. The summed E-state index contributed by atoms with van der Waals surface area (Å²) in [6.07, 6.45) is -0.118. The van der Waals surface area contributed by atoms with E-state index >= 15 is 0 Å². The average molecular weight is 410 g/mol. The molecule has 2 aromatic carbocycles. The van der Waals surface area contributed by atoms with Crippen LogP contribution in [0.5, 0.6) is 0 Å². The lowest BCUT2D eigenvalue weighted by atomic mass is 10.2. The number of rotatable bonds is 6. The molecule has 0 spiro atoms. The van der Waals surface area contributed by atoms with Gasteiger partial charge in [-0.3, -0.25) is 0 Å². The first-order valence-corrected chi connectivity index (χ1v) is 8.45. The molecule has 0 heterocycles. The smallest absolute Gasteiger partial charge is 0.339 e. The third-order valence-corrected chi connectivity index (χ3v) is 4.33. The lowest BCUT2D eigenvalue weighted by Crippen LogP contribution is -3.08. The van der Waals surface area contributed by atoms with Gasteiger partial charge >= 0.3 is 5.97 Å². The van der Waals surface area contributed by atoms with E-state index in [0.29, 0.717) is 5.56 Å². The number of carbonyl (C=O) groups is 1. The Kier molecular flexibility index (Phi) is 6.39. The molecule has 0 amide bonds. The summed E-state index contributed by atoms with van der Waals surface area (Å²) < 4.78 is 6.48. The van der Waals surface area contributed by atoms with E-state index < -0.39 is 0 Å². The second-order valence-corrected chi connectivity index (χ2v) is 6.68. The van der Waals surface area contributed by atoms with Gasteiger partial charge in [-0.25, -0.2) is 4.79 Å². The first-order valence-electron chi connectivity index (χ1n) is 7.37. The maximum absolute atomic E-state index is 12.2. The van der Waals surface area contributed by atoms with Crippen molar-refractivity contribution in [2.24, 2.45) is 0 Å². The molecule has 0 saturated heterocycles. The molecule has 0 bridgehead atoms. The van der Waals surface area contributed by atoms with E-state index in [1.807, 2.05) is 43.3 Å². The number of carbonyl (C=O) groups excluding carboxylic acids is 1. The summed E-state index contributed by atoms with van der Waals surface area (Å²) in [5.41, 5.74) is 1.92. The molecule has 1 unspecified atom stereocenters. The largest absolute Gasteiger partial charge is 0.453 e. The molecule has 0 aliphatic rings. The van der Waals surface area contributed by atoms with Crippen LogP contribution in [0.25, 0.3) is 0 Å². The van der Waals surface area contributed by atoms with Crippen LogP contribution in [0.2, 0.25) is 0 Å². The molecule has 22 heavy (non-hydrogen) atoms. The summed E-state index contributed by atoms with van der Waals surface area (Å²) in [5, 5.41) is 0. The Labute approximate surface area is 145 Å². The molecule has 0 radical (unpaired) electrons. The average Bonchev–Trinajstić information content (AvgIpc) is 2.48. The van der Waals surface area contributed by atoms with Crippen LogP contribution in [-0.2, 0) is 11.3 Å². The van der Waals surface area contributed by atoms with E-state index in [-0.39, 0.29) is 12.1 Å². The molecular formula is C18H21INO2+. The quantitative estimate of drug-likeness (QED) is 0.586. The molecule has 116 valence electrons. The van der Waals surface area contributed by atoms with Crippen LogP contribution in [0, 0.1) is 3.57 Å². The van der Waals surface area contributed by atoms with Crippen molar-refractivity contribution in [2.75, 3.05) is 13.6 Å². The molecule has 0 saturated carbocycles. The molecule has 2 rings (SSSR count). The molecular weight excluding hydrogens is 389 g/mol. The van der Waals surface area contributed by atoms with Crippen LogP contribution in [-0.4, -0.2) is 25.7 Å². The number of benzene rings is 2. The number of hydrogen-bond donors (Lipinski definition) is 1. The van der Waals surface area contributed by atoms with Crippen molar-refractivity contribution in [2.45, 2.75) is 19.6 Å². The van der Waals surface area contributed by atoms with Crippen LogP contribution in [0.4, 0.5) is 0 Å². The molecule has 0 fully saturated rings. The Bertz CT molecular complexity index is 615. The minimum atomic E-state index is -0.245. The molecule has 2 aromatic rings. The molecule has 0 aliphatic heterocycles. The minimum Gasteiger partial charge on any atom is -0.453 e. The summed E-state index contributed by atoms with van der Waals surface area (Å²) in [6, 6.07) is 17.8. The van der Waals surface area contributed by atoms with Crippen molar-refractivity contribution >= 4 is 28.6 Å². The second-order valence-electron chi connectivity index (χ2n) is 5.52. The van der Waals surface area contributed by atoms with Crippen LogP contribution < -0.4 is 4.90 Å². The Morgan fingerprint density at radius 2 is 1.77 bits per heavy atom. The maximum Gasteiger partial charge on any atom is 0.339 e. The molecule has 4 heteroatoms. The van der Waals surface area contributed by atoms with Gasteiger partial charge in [-0.15, -0.1) is 0 Å². The highest BCUT2D eigenvalue weighted by atomic mass is 127. The summed E-state index contributed by atoms with van der Waals surface area (Å²) >= 11 is 2.16. The maximum atomic E-state index is 12.2. The van der Waals surface area contributed by atoms with Crippen molar-refractivity contribution in [1.82, 2.24) is 0 Å². The topological polar surface area (TPSA) is 30.7 Å². The number of hydrogen-bond acceptors (Lipinski definition) is 2. The van der Waals surface area contributed by atoms with Crippen molar-refractivity contribution in [1.29, 1.82) is 0 Å². The zero-order chi connectivity index (χ0) is 15.9. The highest BCUT2D eigenvalue weighted by Gasteiger charge is 2.17. The fourth-order valence-corrected chi connectivity index (χ4v) is 3.03. The van der Waals surface area contributed by atoms with E-state index in [1.165, 1.54) is 10.5 Å². The first kappa shape index (κ1) is 17.0. The van der Waals surface area contributed by atoms with Crippen LogP contribution >= 0.6 is 22.6 Å². The standard InChI is InChI=1S/C18H20INO2/c1-14(12-20(2)13-15-8-4-3-5-9-15)22-18(21)16-10-6-7-11-17(16)19/h3-11,14H,12-13H2,1-2H3/p+1/t14-/m0/s1. The van der Waals surface area contributed by atoms with Gasteiger partial charge in [0.1, 0.15) is 19.2 Å². The van der Waals surface area contributed by atoms with Gasteiger partial charge in [0.15, 0.2) is 0 Å². The highest BCUT2D eigenvalue weighted by molar-refractivity contribution is 14.1. The molecule has 1 N–H and O–H groups in total. The predicted molar refractivity (Wildman–Crippen MR) is 95.9 cm³/mol. The Balaban J connectivity index is 1.86. The molecule has 0 aromatic heterocycles. The van der Waals surface area contributed by atoms with E-state index in [2.05, 4.69) is 41.8 Å². The summed E-state index contributed by atoms with van der Waals surface area (Å²) in [4.78, 5) is 13.5. The van der Waals surface area contributed by atoms with Crippen molar-refractivity contribution in [3.05, 3.63) is 69.3 Å². The van der Waals surface area contributed by atoms with E-state index in [9.17, 15) is 4.79 Å². The predicted octanol–water partition coefficient (Wildman–Crippen LogP) is 2.55. The zero-order valence-electron chi connectivity index (χ0n) is 12.9. The summed E-state index contributed by atoms with van der Waals surface area (Å²) in [7, 11) is 2.11. The second kappa shape index (κ2) is 8.29. The van der Waals surface area contributed by atoms with E-state index in [1.54, 1.807) is 6.07 Å². The Hall–Kier alpha value is -1.40. The van der Waals surface area contributed by atoms with Gasteiger partial charge in [0.25, 0.3) is 0 Å². The van der Waals surface area contributed by atoms with Crippen molar-refractivity contribution < 1.29 is 14.4 Å². The number of nitrogens with one attached hydrogen (secondary N) is 1. The number of halogens is 1. The summed E-state index contributed by atoms with van der Waals surface area (Å²) in [5.74, 6) is -0.245. The summed E-state index contributed by atoms with van der Waals surface area (Å²) in [6.45, 7) is 3.65. The first-order chi connectivity index (χ1) is 10.6. The normalized spacial score (nSPS) is 13.4. The molecule has 0 aliphatic carbocycles. The monoisotopic (exact) mass is 410 g/mol. The van der Waals surface area contributed by atoms with Gasteiger partial charge in [-0.05, 0) is 41.6 Å². The zero-order valence-corrected chi connectivity index (χ0v) is 15.0. The van der Waals surface area contributed by atoms with Gasteiger partial charge < -0.3 is 9.64 Å². The van der Waals surface area contributed by atoms with Crippen LogP contribution in [0.3, 0.4) is 0 Å². The lowest BCUT2D eigenvalue weighted by molar-refractivity contribution is -0.896. The highest BCUT2D eigenvalue weighted by Crippen LogP contribution is 2.13. The lowest BCUT2D eigenvalue weighted by Gasteiger charge is -2.19. The Morgan fingerprint density at radius 3 is 2.45 bits per heavy atom. The van der Waals surface area contributed by atoms with Gasteiger partial charge in [-0.1, -0.05) is 42.5 Å². The number of likely N-dealkylation sites (N-methyl/N-ethyl adjacent to an activating group) is 1. The fraction of sp³-hybridized carbons (Fsp3) is 0.278. The molecule has 2 atom stereocenters. The third-order valence-electron chi connectivity index (χ3n) is 3.39. The van der Waals surface area contributed by atoms with Gasteiger partial charge in [0.2, 0.25) is 0 Å². The number of ether oxygens (including phenoxy) is 1. The van der Waals surface area contributed by atoms with Crippen molar-refractivity contribution in [3.63, 3.8) is 0 Å². The van der Waals surface area contributed by atoms with Crippen LogP contribution in [0.1, 0.15) is 22.8 Å². The SMILES string of the molecule is C[C@@H](C[NH+](C)Cc1ccccc1)OC(=O)c1ccccc1I. The third kappa shape index (κ3) is 5.10. The number of esters is 1. The van der Waals surface area contributed by atoms with Gasteiger partial charge in [-0.2, -0.15) is 0 Å². The van der Waals surface area contributed by atoms with E-state index in [0.717, 1.165) is 16.7 Å². The minimum absolute atomic E-state index is 0.118. The van der Waals surface area contributed by atoms with Gasteiger partial charge in [0, 0.05) is 9.13 Å². The number of quaternary nitrogens is 1.